The van der Waals surface area contributed by atoms with Crippen molar-refractivity contribution in [2.45, 2.75) is 6.42 Å². The molecule has 6 nitrogen and oxygen atoms in total. The lowest BCUT2D eigenvalue weighted by Gasteiger charge is -1.99. The van der Waals surface area contributed by atoms with Crippen molar-refractivity contribution >= 4 is 17.5 Å². The van der Waals surface area contributed by atoms with Gasteiger partial charge in [0, 0.05) is 23.6 Å². The van der Waals surface area contributed by atoms with E-state index in [1.165, 1.54) is 6.26 Å². The normalized spacial score (nSPS) is 10.6. The van der Waals surface area contributed by atoms with Gasteiger partial charge < -0.3 is 14.3 Å². The quantitative estimate of drug-likeness (QED) is 0.782. The number of hydrogen-bond acceptors (Lipinski definition) is 5. The number of halogens is 1. The average molecular weight is 318 g/mol. The van der Waals surface area contributed by atoms with Crippen LogP contribution < -0.4 is 5.32 Å². The van der Waals surface area contributed by atoms with Crippen LogP contribution in [0.25, 0.3) is 11.4 Å². The molecule has 0 spiro atoms. The molecular weight excluding hydrogens is 306 g/mol. The number of carbonyl (C=O) groups is 1. The molecule has 0 saturated heterocycles. The molecule has 0 aliphatic carbocycles. The summed E-state index contributed by atoms with van der Waals surface area (Å²) in [6.45, 7) is 0.372. The van der Waals surface area contributed by atoms with Crippen molar-refractivity contribution < 1.29 is 13.7 Å². The Hall–Kier alpha value is -2.60. The van der Waals surface area contributed by atoms with Crippen LogP contribution in [0.3, 0.4) is 0 Å². The summed E-state index contributed by atoms with van der Waals surface area (Å²) in [5.74, 6) is 0.898. The number of benzene rings is 1. The van der Waals surface area contributed by atoms with E-state index in [0.29, 0.717) is 29.7 Å². The number of furan rings is 1. The maximum absolute atomic E-state index is 11.7. The van der Waals surface area contributed by atoms with Crippen molar-refractivity contribution in [2.24, 2.45) is 0 Å². The van der Waals surface area contributed by atoms with Gasteiger partial charge in [0.25, 0.3) is 5.91 Å². The number of amides is 1. The van der Waals surface area contributed by atoms with Crippen molar-refractivity contribution in [3.8, 4) is 11.4 Å². The van der Waals surface area contributed by atoms with E-state index >= 15 is 0 Å². The average Bonchev–Trinajstić information content (AvgIpc) is 3.19. The molecule has 7 heteroatoms. The largest absolute Gasteiger partial charge is 0.459 e. The minimum Gasteiger partial charge on any atom is -0.459 e. The second-order valence-electron chi connectivity index (χ2n) is 4.51. The fourth-order valence-corrected chi connectivity index (χ4v) is 2.07. The van der Waals surface area contributed by atoms with E-state index in [1.54, 1.807) is 24.3 Å². The summed E-state index contributed by atoms with van der Waals surface area (Å²) in [7, 11) is 0. The molecule has 3 aromatic rings. The first-order chi connectivity index (χ1) is 10.7. The van der Waals surface area contributed by atoms with Crippen LogP contribution in [-0.2, 0) is 6.42 Å². The Morgan fingerprint density at radius 3 is 2.95 bits per heavy atom. The Bertz CT molecular complexity index is 768. The Labute approximate surface area is 131 Å². The molecule has 0 aliphatic rings. The van der Waals surface area contributed by atoms with Gasteiger partial charge in [-0.05, 0) is 24.3 Å². The monoisotopic (exact) mass is 317 g/mol. The third kappa shape index (κ3) is 3.35. The molecule has 0 aliphatic heterocycles. The fraction of sp³-hybridized carbons (Fsp3) is 0.133. The molecular formula is C15H12ClN3O3. The van der Waals surface area contributed by atoms with Crippen molar-refractivity contribution in [1.82, 2.24) is 15.5 Å². The molecule has 22 heavy (non-hydrogen) atoms. The Morgan fingerprint density at radius 1 is 1.27 bits per heavy atom. The molecule has 1 amide bonds. The van der Waals surface area contributed by atoms with Gasteiger partial charge in [-0.25, -0.2) is 0 Å². The lowest BCUT2D eigenvalue weighted by Crippen LogP contribution is -2.25. The van der Waals surface area contributed by atoms with Gasteiger partial charge in [0.05, 0.1) is 6.26 Å². The van der Waals surface area contributed by atoms with Crippen molar-refractivity contribution in [3.63, 3.8) is 0 Å². The van der Waals surface area contributed by atoms with E-state index in [0.717, 1.165) is 5.56 Å². The number of carbonyl (C=O) groups excluding carboxylic acids is 1. The second-order valence-corrected chi connectivity index (χ2v) is 4.94. The molecule has 1 aromatic carbocycles. The van der Waals surface area contributed by atoms with Gasteiger partial charge in [0.1, 0.15) is 0 Å². The first kappa shape index (κ1) is 14.3. The van der Waals surface area contributed by atoms with Crippen LogP contribution in [0.4, 0.5) is 0 Å². The first-order valence-corrected chi connectivity index (χ1v) is 7.00. The molecule has 2 heterocycles. The van der Waals surface area contributed by atoms with E-state index in [9.17, 15) is 4.79 Å². The van der Waals surface area contributed by atoms with Crippen LogP contribution >= 0.6 is 11.6 Å². The zero-order valence-corrected chi connectivity index (χ0v) is 12.2. The van der Waals surface area contributed by atoms with Crippen LogP contribution in [0.2, 0.25) is 5.02 Å². The highest BCUT2D eigenvalue weighted by Gasteiger charge is 2.11. The Kier molecular flexibility index (Phi) is 4.20. The molecule has 0 radical (unpaired) electrons. The minimum absolute atomic E-state index is 0.269. The summed E-state index contributed by atoms with van der Waals surface area (Å²) >= 11 is 5.93. The molecule has 0 saturated carbocycles. The van der Waals surface area contributed by atoms with E-state index in [1.807, 2.05) is 12.1 Å². The number of rotatable bonds is 5. The number of nitrogens with zero attached hydrogens (tertiary/aromatic N) is 2. The molecule has 0 bridgehead atoms. The molecule has 1 N–H and O–H groups in total. The van der Waals surface area contributed by atoms with Gasteiger partial charge in [0.15, 0.2) is 5.76 Å². The summed E-state index contributed by atoms with van der Waals surface area (Å²) in [4.78, 5) is 15.9. The lowest BCUT2D eigenvalue weighted by atomic mass is 10.2. The summed E-state index contributed by atoms with van der Waals surface area (Å²) in [6.07, 6.45) is 1.88. The van der Waals surface area contributed by atoms with Gasteiger partial charge >= 0.3 is 0 Å². The van der Waals surface area contributed by atoms with E-state index < -0.39 is 0 Å². The van der Waals surface area contributed by atoms with Crippen LogP contribution in [0.15, 0.2) is 51.6 Å². The highest BCUT2D eigenvalue weighted by atomic mass is 35.5. The molecule has 0 unspecified atom stereocenters. The highest BCUT2D eigenvalue weighted by Crippen LogP contribution is 2.19. The Morgan fingerprint density at radius 2 is 2.18 bits per heavy atom. The summed E-state index contributed by atoms with van der Waals surface area (Å²) in [5, 5.41) is 7.22. The van der Waals surface area contributed by atoms with Gasteiger partial charge in [-0.1, -0.05) is 28.9 Å². The van der Waals surface area contributed by atoms with E-state index in [2.05, 4.69) is 15.5 Å². The van der Waals surface area contributed by atoms with Gasteiger partial charge in [-0.2, -0.15) is 4.98 Å². The topological polar surface area (TPSA) is 81.2 Å². The number of nitrogens with one attached hydrogen (secondary N) is 1. The van der Waals surface area contributed by atoms with Gasteiger partial charge in [-0.3, -0.25) is 4.79 Å². The number of hydrogen-bond donors (Lipinski definition) is 1. The van der Waals surface area contributed by atoms with Gasteiger partial charge in [-0.15, -0.1) is 0 Å². The molecule has 0 atom stereocenters. The zero-order valence-electron chi connectivity index (χ0n) is 11.5. The fourth-order valence-electron chi connectivity index (χ4n) is 1.88. The van der Waals surface area contributed by atoms with Crippen molar-refractivity contribution in [1.29, 1.82) is 0 Å². The predicted octanol–water partition coefficient (Wildman–Crippen LogP) is 2.96. The first-order valence-electron chi connectivity index (χ1n) is 6.62. The van der Waals surface area contributed by atoms with Gasteiger partial charge in [0.2, 0.25) is 11.7 Å². The highest BCUT2D eigenvalue weighted by molar-refractivity contribution is 6.30. The van der Waals surface area contributed by atoms with Crippen LogP contribution in [0.5, 0.6) is 0 Å². The third-order valence-corrected chi connectivity index (χ3v) is 3.16. The second kappa shape index (κ2) is 6.44. The predicted molar refractivity (Wildman–Crippen MR) is 79.5 cm³/mol. The molecule has 3 rings (SSSR count). The summed E-state index contributed by atoms with van der Waals surface area (Å²) < 4.78 is 10.1. The molecule has 112 valence electrons. The SMILES string of the molecule is O=C(NCCc1nc(-c2cccc(Cl)c2)no1)c1ccco1. The maximum Gasteiger partial charge on any atom is 0.286 e. The van der Waals surface area contributed by atoms with Crippen LogP contribution in [-0.4, -0.2) is 22.6 Å². The van der Waals surface area contributed by atoms with Crippen molar-refractivity contribution in [2.75, 3.05) is 6.54 Å². The van der Waals surface area contributed by atoms with Crippen molar-refractivity contribution in [3.05, 3.63) is 59.3 Å². The summed E-state index contributed by atoms with van der Waals surface area (Å²) in [6, 6.07) is 10.4. The number of aromatic nitrogens is 2. The lowest BCUT2D eigenvalue weighted by molar-refractivity contribution is 0.0925. The smallest absolute Gasteiger partial charge is 0.286 e. The zero-order chi connectivity index (χ0) is 15.4. The maximum atomic E-state index is 11.7. The minimum atomic E-state index is -0.278. The molecule has 0 fully saturated rings. The standard InChI is InChI=1S/C15H12ClN3O3/c16-11-4-1-3-10(9-11)14-18-13(22-19-14)6-7-17-15(20)12-5-2-8-21-12/h1-5,8-9H,6-7H2,(H,17,20). The van der Waals surface area contributed by atoms with Crippen LogP contribution in [0.1, 0.15) is 16.4 Å². The Balaban J connectivity index is 1.57. The van der Waals surface area contributed by atoms with Crippen LogP contribution in [0, 0.1) is 0 Å². The van der Waals surface area contributed by atoms with E-state index in [-0.39, 0.29) is 11.7 Å². The molecule has 2 aromatic heterocycles. The third-order valence-electron chi connectivity index (χ3n) is 2.92. The summed E-state index contributed by atoms with van der Waals surface area (Å²) in [5.41, 5.74) is 0.780. The van der Waals surface area contributed by atoms with E-state index in [4.69, 9.17) is 20.5 Å².